The van der Waals surface area contributed by atoms with Gasteiger partial charge in [0.2, 0.25) is 0 Å². The Labute approximate surface area is 159 Å². The summed E-state index contributed by atoms with van der Waals surface area (Å²) in [5.41, 5.74) is 2.84. The molecule has 0 bridgehead atoms. The minimum absolute atomic E-state index is 0.0730. The van der Waals surface area contributed by atoms with Crippen molar-refractivity contribution in [1.82, 2.24) is 24.6 Å². The van der Waals surface area contributed by atoms with Crippen LogP contribution >= 0.6 is 0 Å². The van der Waals surface area contributed by atoms with Gasteiger partial charge >= 0.3 is 0 Å². The van der Waals surface area contributed by atoms with Crippen LogP contribution in [0.25, 0.3) is 5.69 Å². The maximum atomic E-state index is 13.1. The van der Waals surface area contributed by atoms with Crippen molar-refractivity contribution in [3.63, 3.8) is 0 Å². The van der Waals surface area contributed by atoms with E-state index in [9.17, 15) is 4.79 Å². The fourth-order valence-corrected chi connectivity index (χ4v) is 3.61. The van der Waals surface area contributed by atoms with Crippen molar-refractivity contribution in [3.8, 4) is 5.69 Å². The number of carbonyl (C=O) groups is 1. The van der Waals surface area contributed by atoms with E-state index in [1.807, 2.05) is 35.2 Å². The van der Waals surface area contributed by atoms with Crippen molar-refractivity contribution in [3.05, 3.63) is 78.4 Å². The molecular weight excluding hydrogens is 338 g/mol. The number of piperazine rings is 1. The second-order valence-electron chi connectivity index (χ2n) is 6.96. The standard InChI is InChI=1S/C21H23N5O/c1-17-13-24(14-18-6-3-2-4-7-18)10-11-25(17)21(27)19-8-5-9-20(12-19)26-16-22-15-23-26/h2-9,12,15-17H,10-11,13-14H2,1H3/t17-/m1/s1. The van der Waals surface area contributed by atoms with Crippen LogP contribution in [0, 0.1) is 0 Å². The van der Waals surface area contributed by atoms with Gasteiger partial charge in [0.1, 0.15) is 12.7 Å². The number of carbonyl (C=O) groups excluding carboxylic acids is 1. The number of rotatable bonds is 4. The molecule has 3 aromatic rings. The molecule has 2 aromatic carbocycles. The zero-order valence-electron chi connectivity index (χ0n) is 15.4. The molecule has 0 spiro atoms. The van der Waals surface area contributed by atoms with Gasteiger partial charge in [0.25, 0.3) is 5.91 Å². The molecular formula is C21H23N5O. The van der Waals surface area contributed by atoms with E-state index in [1.54, 1.807) is 11.0 Å². The first-order chi connectivity index (χ1) is 13.2. The SMILES string of the molecule is C[C@@H]1CN(Cc2ccccc2)CCN1C(=O)c1cccc(-n2cncn2)c1. The van der Waals surface area contributed by atoms with Crippen LogP contribution in [-0.2, 0) is 6.54 Å². The van der Waals surface area contributed by atoms with Gasteiger partial charge in [-0.15, -0.1) is 0 Å². The highest BCUT2D eigenvalue weighted by Crippen LogP contribution is 2.18. The van der Waals surface area contributed by atoms with Crippen LogP contribution in [0.3, 0.4) is 0 Å². The van der Waals surface area contributed by atoms with E-state index in [4.69, 9.17) is 0 Å². The third-order valence-corrected chi connectivity index (χ3v) is 5.00. The number of amides is 1. The van der Waals surface area contributed by atoms with Crippen LogP contribution in [0.2, 0.25) is 0 Å². The Bertz CT molecular complexity index is 894. The minimum atomic E-state index is 0.0730. The minimum Gasteiger partial charge on any atom is -0.333 e. The lowest BCUT2D eigenvalue weighted by Crippen LogP contribution is -2.53. The molecule has 0 radical (unpaired) electrons. The average Bonchev–Trinajstić information content (AvgIpc) is 3.23. The van der Waals surface area contributed by atoms with Crippen molar-refractivity contribution >= 4 is 5.91 Å². The van der Waals surface area contributed by atoms with Crippen molar-refractivity contribution in [2.75, 3.05) is 19.6 Å². The molecule has 138 valence electrons. The first-order valence-electron chi connectivity index (χ1n) is 9.23. The molecule has 0 N–H and O–H groups in total. The zero-order chi connectivity index (χ0) is 18.6. The molecule has 2 heterocycles. The van der Waals surface area contributed by atoms with E-state index >= 15 is 0 Å². The molecule has 0 unspecified atom stereocenters. The molecule has 6 heteroatoms. The summed E-state index contributed by atoms with van der Waals surface area (Å²) in [6.07, 6.45) is 3.12. The third kappa shape index (κ3) is 3.90. The molecule has 1 aromatic heterocycles. The van der Waals surface area contributed by atoms with E-state index in [-0.39, 0.29) is 11.9 Å². The fourth-order valence-electron chi connectivity index (χ4n) is 3.61. The molecule has 1 atom stereocenters. The Morgan fingerprint density at radius 2 is 1.96 bits per heavy atom. The molecule has 1 fully saturated rings. The molecule has 4 rings (SSSR count). The lowest BCUT2D eigenvalue weighted by molar-refractivity contribution is 0.0475. The Balaban J connectivity index is 1.44. The smallest absolute Gasteiger partial charge is 0.254 e. The maximum Gasteiger partial charge on any atom is 0.254 e. The van der Waals surface area contributed by atoms with Crippen LogP contribution in [0.1, 0.15) is 22.8 Å². The van der Waals surface area contributed by atoms with Gasteiger partial charge in [0, 0.05) is 37.8 Å². The summed E-state index contributed by atoms with van der Waals surface area (Å²) >= 11 is 0. The first-order valence-corrected chi connectivity index (χ1v) is 9.23. The summed E-state index contributed by atoms with van der Waals surface area (Å²) in [6, 6.07) is 18.2. The maximum absolute atomic E-state index is 13.1. The summed E-state index contributed by atoms with van der Waals surface area (Å²) < 4.78 is 1.66. The summed E-state index contributed by atoms with van der Waals surface area (Å²) in [6.45, 7) is 5.54. The van der Waals surface area contributed by atoms with Gasteiger partial charge in [-0.05, 0) is 30.7 Å². The van der Waals surface area contributed by atoms with E-state index in [0.29, 0.717) is 5.56 Å². The molecule has 1 saturated heterocycles. The van der Waals surface area contributed by atoms with Crippen molar-refractivity contribution in [2.24, 2.45) is 0 Å². The highest BCUT2D eigenvalue weighted by molar-refractivity contribution is 5.95. The molecule has 6 nitrogen and oxygen atoms in total. The van der Waals surface area contributed by atoms with Gasteiger partial charge in [0.05, 0.1) is 5.69 Å². The summed E-state index contributed by atoms with van der Waals surface area (Å²) in [5.74, 6) is 0.0730. The fraction of sp³-hybridized carbons (Fsp3) is 0.286. The summed E-state index contributed by atoms with van der Waals surface area (Å²) in [5, 5.41) is 4.14. The van der Waals surface area contributed by atoms with Gasteiger partial charge in [0.15, 0.2) is 0 Å². The summed E-state index contributed by atoms with van der Waals surface area (Å²) in [4.78, 5) is 21.4. The molecule has 1 aliphatic rings. The largest absolute Gasteiger partial charge is 0.333 e. The van der Waals surface area contributed by atoms with E-state index < -0.39 is 0 Å². The monoisotopic (exact) mass is 361 g/mol. The average molecular weight is 361 g/mol. The van der Waals surface area contributed by atoms with Gasteiger partial charge in [-0.1, -0.05) is 36.4 Å². The van der Waals surface area contributed by atoms with Gasteiger partial charge in [-0.25, -0.2) is 9.67 Å². The van der Waals surface area contributed by atoms with Gasteiger partial charge in [-0.2, -0.15) is 5.10 Å². The van der Waals surface area contributed by atoms with Gasteiger partial charge < -0.3 is 4.90 Å². The number of nitrogens with zero attached hydrogens (tertiary/aromatic N) is 5. The van der Waals surface area contributed by atoms with Crippen LogP contribution in [0.5, 0.6) is 0 Å². The van der Waals surface area contributed by atoms with Gasteiger partial charge in [-0.3, -0.25) is 9.69 Å². The number of hydrogen-bond acceptors (Lipinski definition) is 4. The van der Waals surface area contributed by atoms with Crippen LogP contribution in [0.4, 0.5) is 0 Å². The highest BCUT2D eigenvalue weighted by Gasteiger charge is 2.28. The molecule has 0 saturated carbocycles. The van der Waals surface area contributed by atoms with Crippen LogP contribution in [0.15, 0.2) is 67.3 Å². The molecule has 27 heavy (non-hydrogen) atoms. The third-order valence-electron chi connectivity index (χ3n) is 5.00. The Kier molecular flexibility index (Phi) is 4.98. The second kappa shape index (κ2) is 7.72. The summed E-state index contributed by atoms with van der Waals surface area (Å²) in [7, 11) is 0. The number of benzene rings is 2. The van der Waals surface area contributed by atoms with Crippen molar-refractivity contribution in [1.29, 1.82) is 0 Å². The zero-order valence-corrected chi connectivity index (χ0v) is 15.4. The second-order valence-corrected chi connectivity index (χ2v) is 6.96. The van der Waals surface area contributed by atoms with Crippen LogP contribution in [-0.4, -0.2) is 56.1 Å². The first kappa shape index (κ1) is 17.4. The Hall–Kier alpha value is -2.99. The number of aromatic nitrogens is 3. The molecule has 1 amide bonds. The van der Waals surface area contributed by atoms with E-state index in [0.717, 1.165) is 31.9 Å². The topological polar surface area (TPSA) is 54.3 Å². The lowest BCUT2D eigenvalue weighted by atomic mass is 10.1. The predicted molar refractivity (Wildman–Crippen MR) is 104 cm³/mol. The van der Waals surface area contributed by atoms with Crippen molar-refractivity contribution < 1.29 is 4.79 Å². The Morgan fingerprint density at radius 3 is 2.70 bits per heavy atom. The number of hydrogen-bond donors (Lipinski definition) is 0. The normalized spacial score (nSPS) is 17.8. The van der Waals surface area contributed by atoms with E-state index in [1.165, 1.54) is 11.9 Å². The van der Waals surface area contributed by atoms with Crippen LogP contribution < -0.4 is 0 Å². The molecule has 0 aliphatic carbocycles. The lowest BCUT2D eigenvalue weighted by Gasteiger charge is -2.40. The van der Waals surface area contributed by atoms with Crippen molar-refractivity contribution in [2.45, 2.75) is 19.5 Å². The molecule has 1 aliphatic heterocycles. The van der Waals surface area contributed by atoms with E-state index in [2.05, 4.69) is 46.2 Å². The Morgan fingerprint density at radius 1 is 1.11 bits per heavy atom. The quantitative estimate of drug-likeness (QED) is 0.717. The highest BCUT2D eigenvalue weighted by atomic mass is 16.2. The predicted octanol–water partition coefficient (Wildman–Crippen LogP) is 2.61.